The zero-order valence-electron chi connectivity index (χ0n) is 19.4. The molecular formula is C29H22N2O3S2. The lowest BCUT2D eigenvalue weighted by Gasteiger charge is -2.15. The Morgan fingerprint density at radius 3 is 2.19 bits per heavy atom. The molecule has 178 valence electrons. The van der Waals surface area contributed by atoms with Crippen molar-refractivity contribution in [2.75, 3.05) is 6.61 Å². The summed E-state index contributed by atoms with van der Waals surface area (Å²) in [6.45, 7) is 2.11. The average molecular weight is 511 g/mol. The first-order chi connectivity index (χ1) is 17.5. The van der Waals surface area contributed by atoms with Crippen LogP contribution in [0, 0.1) is 0 Å². The Kier molecular flexibility index (Phi) is 6.84. The minimum Gasteiger partial charge on any atom is -0.462 e. The van der Waals surface area contributed by atoms with E-state index < -0.39 is 0 Å². The predicted octanol–water partition coefficient (Wildman–Crippen LogP) is 6.48. The highest BCUT2D eigenvalue weighted by Crippen LogP contribution is 2.38. The van der Waals surface area contributed by atoms with E-state index in [1.807, 2.05) is 66.7 Å². The largest absolute Gasteiger partial charge is 0.462 e. The van der Waals surface area contributed by atoms with E-state index in [0.29, 0.717) is 21.4 Å². The number of aromatic nitrogens is 1. The molecule has 3 aromatic carbocycles. The molecule has 7 heteroatoms. The van der Waals surface area contributed by atoms with Gasteiger partial charge in [0.05, 0.1) is 28.5 Å². The van der Waals surface area contributed by atoms with Crippen molar-refractivity contribution in [2.45, 2.75) is 6.92 Å². The third kappa shape index (κ3) is 4.76. The smallest absolute Gasteiger partial charge is 0.338 e. The number of benzene rings is 3. The van der Waals surface area contributed by atoms with Gasteiger partial charge in [0.2, 0.25) is 0 Å². The summed E-state index contributed by atoms with van der Waals surface area (Å²) < 4.78 is 7.76. The van der Waals surface area contributed by atoms with Crippen LogP contribution in [0.5, 0.6) is 0 Å². The van der Waals surface area contributed by atoms with Crippen LogP contribution in [0.25, 0.3) is 34.3 Å². The highest BCUT2D eigenvalue weighted by atomic mass is 32.2. The van der Waals surface area contributed by atoms with E-state index >= 15 is 0 Å². The van der Waals surface area contributed by atoms with Crippen LogP contribution in [0.1, 0.15) is 22.8 Å². The van der Waals surface area contributed by atoms with Gasteiger partial charge in [-0.15, -0.1) is 0 Å². The number of hydrogen-bond donors (Lipinski definition) is 1. The van der Waals surface area contributed by atoms with Crippen LogP contribution in [-0.4, -0.2) is 27.4 Å². The van der Waals surface area contributed by atoms with Gasteiger partial charge < -0.3 is 14.6 Å². The molecule has 1 aliphatic heterocycles. The predicted molar refractivity (Wildman–Crippen MR) is 149 cm³/mol. The standard InChI is InChI=1S/C29H22N2O3S2/c1-2-34-28(33)21-13-15-23(16-14-21)31-24(19-9-5-3-6-10-19)17-22(18-25-27(32)30-29(35)36-25)26(31)20-11-7-4-8-12-20/h3-18H,2H2,1H3,(H,30,32,35)/b25-18-. The van der Waals surface area contributed by atoms with Crippen LogP contribution >= 0.6 is 24.0 Å². The number of amides is 1. The zero-order chi connectivity index (χ0) is 25.1. The lowest BCUT2D eigenvalue weighted by molar-refractivity contribution is -0.115. The fourth-order valence-electron chi connectivity index (χ4n) is 4.14. The molecule has 1 aromatic heterocycles. The first-order valence-corrected chi connectivity index (χ1v) is 12.7. The number of thioether (sulfide) groups is 1. The highest BCUT2D eigenvalue weighted by Gasteiger charge is 2.25. The van der Waals surface area contributed by atoms with Crippen LogP contribution in [0.3, 0.4) is 0 Å². The second-order valence-corrected chi connectivity index (χ2v) is 9.74. The summed E-state index contributed by atoms with van der Waals surface area (Å²) in [6, 6.07) is 29.6. The fraction of sp³-hybridized carbons (Fsp3) is 0.0690. The van der Waals surface area contributed by atoms with E-state index in [2.05, 4.69) is 28.1 Å². The molecule has 2 heterocycles. The van der Waals surface area contributed by atoms with Crippen molar-refractivity contribution in [3.8, 4) is 28.2 Å². The Morgan fingerprint density at radius 2 is 1.61 bits per heavy atom. The molecule has 0 saturated carbocycles. The molecule has 0 spiro atoms. The molecule has 0 aliphatic carbocycles. The van der Waals surface area contributed by atoms with E-state index in [9.17, 15) is 9.59 Å². The second kappa shape index (κ2) is 10.4. The maximum Gasteiger partial charge on any atom is 0.338 e. The van der Waals surface area contributed by atoms with E-state index in [0.717, 1.165) is 33.8 Å². The van der Waals surface area contributed by atoms with Gasteiger partial charge in [0.25, 0.3) is 5.91 Å². The Hall–Kier alpha value is -3.94. The van der Waals surface area contributed by atoms with Crippen LogP contribution in [-0.2, 0) is 9.53 Å². The Bertz CT molecular complexity index is 1470. The normalized spacial score (nSPS) is 14.2. The van der Waals surface area contributed by atoms with Crippen molar-refractivity contribution in [2.24, 2.45) is 0 Å². The number of nitrogens with zero attached hydrogens (tertiary/aromatic N) is 1. The van der Waals surface area contributed by atoms with Gasteiger partial charge >= 0.3 is 5.97 Å². The van der Waals surface area contributed by atoms with Gasteiger partial charge in [0, 0.05) is 11.3 Å². The van der Waals surface area contributed by atoms with Crippen molar-refractivity contribution in [1.29, 1.82) is 0 Å². The number of hydrogen-bond acceptors (Lipinski definition) is 5. The Labute approximate surface area is 218 Å². The van der Waals surface area contributed by atoms with E-state index in [4.69, 9.17) is 17.0 Å². The van der Waals surface area contributed by atoms with E-state index in [1.165, 1.54) is 11.8 Å². The molecule has 5 nitrogen and oxygen atoms in total. The summed E-state index contributed by atoms with van der Waals surface area (Å²) in [7, 11) is 0. The van der Waals surface area contributed by atoms with Crippen molar-refractivity contribution >= 4 is 46.3 Å². The molecule has 0 bridgehead atoms. The Balaban J connectivity index is 1.76. The summed E-state index contributed by atoms with van der Waals surface area (Å²) in [4.78, 5) is 25.3. The molecule has 1 amide bonds. The molecule has 36 heavy (non-hydrogen) atoms. The van der Waals surface area contributed by atoms with E-state index in [-0.39, 0.29) is 11.9 Å². The number of nitrogens with one attached hydrogen (secondary N) is 1. The third-order valence-electron chi connectivity index (χ3n) is 5.71. The van der Waals surface area contributed by atoms with Crippen LogP contribution in [0.2, 0.25) is 0 Å². The maximum absolute atomic E-state index is 12.5. The number of rotatable bonds is 6. The number of carbonyl (C=O) groups is 2. The highest BCUT2D eigenvalue weighted by molar-refractivity contribution is 8.26. The molecule has 5 rings (SSSR count). The first-order valence-electron chi connectivity index (χ1n) is 11.4. The summed E-state index contributed by atoms with van der Waals surface area (Å²) >= 11 is 6.46. The molecule has 0 atom stereocenters. The SMILES string of the molecule is CCOC(=O)c1ccc(-n2c(-c3ccccc3)cc(/C=C3\SC(=S)NC3=O)c2-c2ccccc2)cc1. The molecule has 4 aromatic rings. The summed E-state index contributed by atoms with van der Waals surface area (Å²) in [5.41, 5.74) is 6.15. The number of thiocarbonyl (C=S) groups is 1. The summed E-state index contributed by atoms with van der Waals surface area (Å²) in [5, 5.41) is 2.69. The van der Waals surface area contributed by atoms with Gasteiger partial charge in [0.15, 0.2) is 0 Å². The quantitative estimate of drug-likeness (QED) is 0.183. The minimum absolute atomic E-state index is 0.197. The van der Waals surface area contributed by atoms with Crippen LogP contribution in [0.4, 0.5) is 0 Å². The van der Waals surface area contributed by atoms with Crippen LogP contribution in [0.15, 0.2) is 95.9 Å². The van der Waals surface area contributed by atoms with Crippen molar-refractivity contribution in [3.63, 3.8) is 0 Å². The first kappa shape index (κ1) is 23.8. The molecule has 0 unspecified atom stereocenters. The summed E-state index contributed by atoms with van der Waals surface area (Å²) in [5.74, 6) is -0.550. The third-order valence-corrected chi connectivity index (χ3v) is 6.87. The molecule has 1 saturated heterocycles. The molecular weight excluding hydrogens is 488 g/mol. The topological polar surface area (TPSA) is 60.3 Å². The summed E-state index contributed by atoms with van der Waals surface area (Å²) in [6.07, 6.45) is 1.89. The number of ether oxygens (including phenoxy) is 1. The van der Waals surface area contributed by atoms with Gasteiger partial charge in [0.1, 0.15) is 4.32 Å². The lowest BCUT2D eigenvalue weighted by atomic mass is 10.1. The monoisotopic (exact) mass is 510 g/mol. The molecule has 1 aliphatic rings. The second-order valence-electron chi connectivity index (χ2n) is 8.02. The Morgan fingerprint density at radius 1 is 0.972 bits per heavy atom. The minimum atomic E-state index is -0.353. The number of carbonyl (C=O) groups excluding carboxylic acids is 2. The maximum atomic E-state index is 12.5. The van der Waals surface area contributed by atoms with Gasteiger partial charge in [-0.05, 0) is 54.5 Å². The molecule has 1 fully saturated rings. The molecule has 0 radical (unpaired) electrons. The lowest BCUT2D eigenvalue weighted by Crippen LogP contribution is -2.17. The molecule has 1 N–H and O–H groups in total. The van der Waals surface area contributed by atoms with Crippen molar-refractivity contribution < 1.29 is 14.3 Å². The van der Waals surface area contributed by atoms with Crippen molar-refractivity contribution in [1.82, 2.24) is 9.88 Å². The number of esters is 1. The van der Waals surface area contributed by atoms with Gasteiger partial charge in [-0.25, -0.2) is 4.79 Å². The van der Waals surface area contributed by atoms with Gasteiger partial charge in [-0.2, -0.15) is 0 Å². The van der Waals surface area contributed by atoms with Gasteiger partial charge in [-0.1, -0.05) is 84.6 Å². The van der Waals surface area contributed by atoms with E-state index in [1.54, 1.807) is 19.1 Å². The fourth-order valence-corrected chi connectivity index (χ4v) is 5.18. The average Bonchev–Trinajstić information content (AvgIpc) is 3.44. The van der Waals surface area contributed by atoms with Gasteiger partial charge in [-0.3, -0.25) is 4.79 Å². The van der Waals surface area contributed by atoms with Crippen LogP contribution < -0.4 is 5.32 Å². The zero-order valence-corrected chi connectivity index (χ0v) is 21.1. The van der Waals surface area contributed by atoms with Crippen molar-refractivity contribution in [3.05, 3.63) is 107 Å².